The largest absolute Gasteiger partial charge is 0.439 e. The highest BCUT2D eigenvalue weighted by molar-refractivity contribution is 5.36. The maximum Gasteiger partial charge on any atom is 0.222 e. The Morgan fingerprint density at radius 1 is 1.24 bits per heavy atom. The highest BCUT2D eigenvalue weighted by atomic mass is 16.5. The van der Waals surface area contributed by atoms with Crippen LogP contribution in [0.3, 0.4) is 0 Å². The van der Waals surface area contributed by atoms with Gasteiger partial charge in [0.2, 0.25) is 5.88 Å². The molecule has 2 rings (SSSR count). The van der Waals surface area contributed by atoms with Gasteiger partial charge in [-0.1, -0.05) is 17.7 Å². The summed E-state index contributed by atoms with van der Waals surface area (Å²) in [6.45, 7) is 4.41. The van der Waals surface area contributed by atoms with E-state index >= 15 is 0 Å². The lowest BCUT2D eigenvalue weighted by molar-refractivity contribution is 0.426. The van der Waals surface area contributed by atoms with Crippen molar-refractivity contribution in [2.75, 3.05) is 0 Å². The van der Waals surface area contributed by atoms with Gasteiger partial charge in [0.1, 0.15) is 5.75 Å². The van der Waals surface area contributed by atoms with Crippen LogP contribution in [-0.2, 0) is 13.6 Å². The molecule has 0 unspecified atom stereocenters. The molecule has 0 spiro atoms. The Kier molecular flexibility index (Phi) is 3.15. The highest BCUT2D eigenvalue weighted by Gasteiger charge is 2.13. The van der Waals surface area contributed by atoms with Crippen molar-refractivity contribution < 1.29 is 4.74 Å². The summed E-state index contributed by atoms with van der Waals surface area (Å²) in [5.74, 6) is 1.52. The molecule has 0 aliphatic rings. The van der Waals surface area contributed by atoms with Crippen molar-refractivity contribution in [1.29, 1.82) is 0 Å². The zero-order valence-corrected chi connectivity index (χ0v) is 10.4. The van der Waals surface area contributed by atoms with E-state index in [9.17, 15) is 0 Å². The van der Waals surface area contributed by atoms with E-state index in [0.717, 1.165) is 17.0 Å². The van der Waals surface area contributed by atoms with Crippen molar-refractivity contribution in [3.63, 3.8) is 0 Å². The first-order valence-corrected chi connectivity index (χ1v) is 5.59. The molecule has 2 N–H and O–H groups in total. The molecule has 0 amide bonds. The Morgan fingerprint density at radius 3 is 2.47 bits per heavy atom. The SMILES string of the molecule is Cc1ccc(Oc2c(CN)c(C)nn2C)cc1. The molecule has 0 saturated heterocycles. The van der Waals surface area contributed by atoms with Gasteiger partial charge in [0, 0.05) is 13.6 Å². The second-order valence-corrected chi connectivity index (χ2v) is 4.11. The molecule has 0 aliphatic heterocycles. The molecule has 0 radical (unpaired) electrons. The first-order chi connectivity index (χ1) is 8.11. The number of rotatable bonds is 3. The number of nitrogens with zero attached hydrogens (tertiary/aromatic N) is 2. The monoisotopic (exact) mass is 231 g/mol. The smallest absolute Gasteiger partial charge is 0.222 e. The minimum absolute atomic E-state index is 0.431. The van der Waals surface area contributed by atoms with Crippen molar-refractivity contribution in [1.82, 2.24) is 9.78 Å². The van der Waals surface area contributed by atoms with E-state index in [-0.39, 0.29) is 0 Å². The normalized spacial score (nSPS) is 10.6. The zero-order chi connectivity index (χ0) is 12.4. The van der Waals surface area contributed by atoms with Gasteiger partial charge in [-0.2, -0.15) is 5.10 Å². The summed E-state index contributed by atoms with van der Waals surface area (Å²) in [6, 6.07) is 7.91. The van der Waals surface area contributed by atoms with E-state index in [2.05, 4.69) is 5.10 Å². The maximum atomic E-state index is 5.83. The summed E-state index contributed by atoms with van der Waals surface area (Å²) in [7, 11) is 1.86. The van der Waals surface area contributed by atoms with Gasteiger partial charge in [-0.15, -0.1) is 0 Å². The van der Waals surface area contributed by atoms with E-state index in [1.165, 1.54) is 5.56 Å². The van der Waals surface area contributed by atoms with Crippen LogP contribution in [-0.4, -0.2) is 9.78 Å². The Bertz CT molecular complexity index is 514. The van der Waals surface area contributed by atoms with Crippen LogP contribution in [0, 0.1) is 13.8 Å². The van der Waals surface area contributed by atoms with Crippen molar-refractivity contribution >= 4 is 0 Å². The molecule has 0 bridgehead atoms. The summed E-state index contributed by atoms with van der Waals surface area (Å²) >= 11 is 0. The second-order valence-electron chi connectivity index (χ2n) is 4.11. The third-order valence-electron chi connectivity index (χ3n) is 2.73. The number of aryl methyl sites for hydroxylation is 3. The number of hydrogen-bond acceptors (Lipinski definition) is 3. The lowest BCUT2D eigenvalue weighted by atomic mass is 10.2. The standard InChI is InChI=1S/C13H17N3O/c1-9-4-6-11(7-5-9)17-13-12(8-14)10(2)15-16(13)3/h4-7H,8,14H2,1-3H3. The van der Waals surface area contributed by atoms with Crippen LogP contribution >= 0.6 is 0 Å². The minimum Gasteiger partial charge on any atom is -0.439 e. The average Bonchev–Trinajstić information content (AvgIpc) is 2.57. The molecule has 4 nitrogen and oxygen atoms in total. The quantitative estimate of drug-likeness (QED) is 0.881. The Labute approximate surface area is 101 Å². The first kappa shape index (κ1) is 11.7. The van der Waals surface area contributed by atoms with Crippen LogP contribution in [0.25, 0.3) is 0 Å². The summed E-state index contributed by atoms with van der Waals surface area (Å²) in [6.07, 6.45) is 0. The third kappa shape index (κ3) is 2.31. The van der Waals surface area contributed by atoms with Gasteiger partial charge in [-0.3, -0.25) is 0 Å². The van der Waals surface area contributed by atoms with Crippen LogP contribution in [0.1, 0.15) is 16.8 Å². The topological polar surface area (TPSA) is 53.1 Å². The molecule has 90 valence electrons. The fraction of sp³-hybridized carbons (Fsp3) is 0.308. The molecular weight excluding hydrogens is 214 g/mol. The van der Waals surface area contributed by atoms with E-state index in [1.807, 2.05) is 45.2 Å². The van der Waals surface area contributed by atoms with Crippen molar-refractivity contribution in [3.05, 3.63) is 41.1 Å². The van der Waals surface area contributed by atoms with E-state index < -0.39 is 0 Å². The number of nitrogens with two attached hydrogens (primary N) is 1. The molecule has 0 saturated carbocycles. The number of ether oxygens (including phenoxy) is 1. The molecule has 0 atom stereocenters. The van der Waals surface area contributed by atoms with Crippen LogP contribution in [0.2, 0.25) is 0 Å². The molecule has 1 heterocycles. The molecule has 17 heavy (non-hydrogen) atoms. The predicted octanol–water partition coefficient (Wildman–Crippen LogP) is 2.29. The van der Waals surface area contributed by atoms with Gasteiger partial charge in [0.05, 0.1) is 11.3 Å². The zero-order valence-electron chi connectivity index (χ0n) is 10.4. The van der Waals surface area contributed by atoms with E-state index in [0.29, 0.717) is 12.4 Å². The van der Waals surface area contributed by atoms with Gasteiger partial charge in [0.15, 0.2) is 0 Å². The van der Waals surface area contributed by atoms with Crippen molar-refractivity contribution in [3.8, 4) is 11.6 Å². The maximum absolute atomic E-state index is 5.83. The molecule has 4 heteroatoms. The van der Waals surface area contributed by atoms with Crippen LogP contribution in [0.5, 0.6) is 11.6 Å². The second kappa shape index (κ2) is 4.59. The Hall–Kier alpha value is -1.81. The van der Waals surface area contributed by atoms with Gasteiger partial charge < -0.3 is 10.5 Å². The Balaban J connectivity index is 2.32. The van der Waals surface area contributed by atoms with Gasteiger partial charge in [-0.05, 0) is 26.0 Å². The van der Waals surface area contributed by atoms with Crippen LogP contribution < -0.4 is 10.5 Å². The summed E-state index contributed by atoms with van der Waals surface area (Å²) in [4.78, 5) is 0. The first-order valence-electron chi connectivity index (χ1n) is 5.59. The molecule has 1 aromatic heterocycles. The molecule has 0 aliphatic carbocycles. The van der Waals surface area contributed by atoms with Gasteiger partial charge >= 0.3 is 0 Å². The molecular formula is C13H17N3O. The predicted molar refractivity (Wildman–Crippen MR) is 67.1 cm³/mol. The van der Waals surface area contributed by atoms with Crippen molar-refractivity contribution in [2.45, 2.75) is 20.4 Å². The summed E-state index contributed by atoms with van der Waals surface area (Å²) < 4.78 is 7.55. The fourth-order valence-electron chi connectivity index (χ4n) is 1.76. The number of benzene rings is 1. The Morgan fingerprint density at radius 2 is 1.88 bits per heavy atom. The lowest BCUT2D eigenvalue weighted by Gasteiger charge is -2.08. The van der Waals surface area contributed by atoms with Gasteiger partial charge in [-0.25, -0.2) is 4.68 Å². The van der Waals surface area contributed by atoms with E-state index in [1.54, 1.807) is 4.68 Å². The average molecular weight is 231 g/mol. The number of aromatic nitrogens is 2. The fourth-order valence-corrected chi connectivity index (χ4v) is 1.76. The summed E-state index contributed by atoms with van der Waals surface area (Å²) in [5, 5.41) is 4.31. The van der Waals surface area contributed by atoms with Gasteiger partial charge in [0.25, 0.3) is 0 Å². The minimum atomic E-state index is 0.431. The summed E-state index contributed by atoms with van der Waals surface area (Å²) in [5.41, 5.74) is 8.78. The third-order valence-corrected chi connectivity index (χ3v) is 2.73. The molecule has 2 aromatic rings. The van der Waals surface area contributed by atoms with E-state index in [4.69, 9.17) is 10.5 Å². The highest BCUT2D eigenvalue weighted by Crippen LogP contribution is 2.26. The van der Waals surface area contributed by atoms with Crippen LogP contribution in [0.15, 0.2) is 24.3 Å². The molecule has 1 aromatic carbocycles. The number of hydrogen-bond donors (Lipinski definition) is 1. The lowest BCUT2D eigenvalue weighted by Crippen LogP contribution is -2.01. The molecule has 0 fully saturated rings. The van der Waals surface area contributed by atoms with Crippen LogP contribution in [0.4, 0.5) is 0 Å². The van der Waals surface area contributed by atoms with Crippen molar-refractivity contribution in [2.24, 2.45) is 12.8 Å².